The number of ether oxygens (including phenoxy) is 1. The van der Waals surface area contributed by atoms with Crippen LogP contribution in [0.3, 0.4) is 0 Å². The SMILES string of the molecule is COCC(C)N(C(=O)c1ccccc1)c1ccccc1. The fourth-order valence-electron chi connectivity index (χ4n) is 2.20. The third-order valence-corrected chi connectivity index (χ3v) is 3.12. The molecule has 3 nitrogen and oxygen atoms in total. The summed E-state index contributed by atoms with van der Waals surface area (Å²) in [4.78, 5) is 14.5. The maximum absolute atomic E-state index is 12.7. The Kier molecular flexibility index (Phi) is 4.91. The molecule has 0 aliphatic rings. The fraction of sp³-hybridized carbons (Fsp3) is 0.235. The van der Waals surface area contributed by atoms with E-state index in [0.29, 0.717) is 12.2 Å². The van der Waals surface area contributed by atoms with Crippen LogP contribution in [-0.2, 0) is 4.74 Å². The molecule has 0 aliphatic heterocycles. The molecule has 3 heteroatoms. The summed E-state index contributed by atoms with van der Waals surface area (Å²) in [5.41, 5.74) is 1.56. The number of rotatable bonds is 5. The molecule has 0 fully saturated rings. The van der Waals surface area contributed by atoms with Gasteiger partial charge in [0.1, 0.15) is 0 Å². The van der Waals surface area contributed by atoms with Gasteiger partial charge in [-0.05, 0) is 31.2 Å². The van der Waals surface area contributed by atoms with Gasteiger partial charge in [-0.15, -0.1) is 0 Å². The van der Waals surface area contributed by atoms with Crippen molar-refractivity contribution in [2.45, 2.75) is 13.0 Å². The number of para-hydroxylation sites is 1. The molecule has 2 aromatic carbocycles. The molecule has 0 N–H and O–H groups in total. The molecule has 0 radical (unpaired) electrons. The molecule has 0 bridgehead atoms. The minimum Gasteiger partial charge on any atom is -0.383 e. The third-order valence-electron chi connectivity index (χ3n) is 3.12. The molecule has 104 valence electrons. The van der Waals surface area contributed by atoms with E-state index in [4.69, 9.17) is 4.74 Å². The van der Waals surface area contributed by atoms with Crippen LogP contribution < -0.4 is 4.90 Å². The van der Waals surface area contributed by atoms with Gasteiger partial charge in [-0.2, -0.15) is 0 Å². The highest BCUT2D eigenvalue weighted by atomic mass is 16.5. The van der Waals surface area contributed by atoms with E-state index >= 15 is 0 Å². The van der Waals surface area contributed by atoms with Crippen molar-refractivity contribution in [3.63, 3.8) is 0 Å². The van der Waals surface area contributed by atoms with E-state index in [0.717, 1.165) is 5.69 Å². The third kappa shape index (κ3) is 3.25. The Bertz CT molecular complexity index is 539. The van der Waals surface area contributed by atoms with Gasteiger partial charge in [0.25, 0.3) is 5.91 Å². The maximum Gasteiger partial charge on any atom is 0.258 e. The number of amides is 1. The number of hydrogen-bond donors (Lipinski definition) is 0. The monoisotopic (exact) mass is 269 g/mol. The normalized spacial score (nSPS) is 11.9. The number of nitrogens with zero attached hydrogens (tertiary/aromatic N) is 1. The van der Waals surface area contributed by atoms with Crippen molar-refractivity contribution in [1.82, 2.24) is 0 Å². The first-order valence-corrected chi connectivity index (χ1v) is 6.66. The molecule has 2 rings (SSSR count). The highest BCUT2D eigenvalue weighted by Gasteiger charge is 2.22. The molecule has 2 aromatic rings. The summed E-state index contributed by atoms with van der Waals surface area (Å²) in [6.07, 6.45) is 0. The molecule has 0 aliphatic carbocycles. The van der Waals surface area contributed by atoms with Crippen LogP contribution in [0.2, 0.25) is 0 Å². The summed E-state index contributed by atoms with van der Waals surface area (Å²) in [5, 5.41) is 0. The second-order valence-electron chi connectivity index (χ2n) is 4.68. The number of benzene rings is 2. The molecule has 1 amide bonds. The molecule has 1 atom stereocenters. The Morgan fingerprint density at radius 2 is 1.60 bits per heavy atom. The largest absolute Gasteiger partial charge is 0.383 e. The first kappa shape index (κ1) is 14.3. The molecular formula is C17H19NO2. The Labute approximate surface area is 119 Å². The lowest BCUT2D eigenvalue weighted by molar-refractivity contribution is 0.0956. The van der Waals surface area contributed by atoms with Crippen LogP contribution in [0.15, 0.2) is 60.7 Å². The predicted molar refractivity (Wildman–Crippen MR) is 81.0 cm³/mol. The first-order valence-electron chi connectivity index (χ1n) is 6.66. The van der Waals surface area contributed by atoms with Crippen LogP contribution in [0.1, 0.15) is 17.3 Å². The van der Waals surface area contributed by atoms with Crippen LogP contribution in [0.25, 0.3) is 0 Å². The Morgan fingerprint density at radius 1 is 1.05 bits per heavy atom. The van der Waals surface area contributed by atoms with Gasteiger partial charge < -0.3 is 9.64 Å². The Balaban J connectivity index is 2.34. The summed E-state index contributed by atoms with van der Waals surface area (Å²) in [6.45, 7) is 2.48. The molecule has 0 heterocycles. The van der Waals surface area contributed by atoms with Crippen LogP contribution in [0.5, 0.6) is 0 Å². The number of methoxy groups -OCH3 is 1. The van der Waals surface area contributed by atoms with Crippen molar-refractivity contribution < 1.29 is 9.53 Å². The molecular weight excluding hydrogens is 250 g/mol. The van der Waals surface area contributed by atoms with E-state index in [1.54, 1.807) is 12.0 Å². The Hall–Kier alpha value is -2.13. The minimum absolute atomic E-state index is 0.0126. The quantitative estimate of drug-likeness (QED) is 0.833. The van der Waals surface area contributed by atoms with Gasteiger partial charge in [-0.25, -0.2) is 0 Å². The number of anilines is 1. The van der Waals surface area contributed by atoms with Gasteiger partial charge in [0.15, 0.2) is 0 Å². The van der Waals surface area contributed by atoms with E-state index in [2.05, 4.69) is 0 Å². The minimum atomic E-state index is -0.0323. The second-order valence-corrected chi connectivity index (χ2v) is 4.68. The van der Waals surface area contributed by atoms with E-state index in [9.17, 15) is 4.79 Å². The first-order chi connectivity index (χ1) is 9.74. The molecule has 1 unspecified atom stereocenters. The molecule has 0 saturated carbocycles. The van der Waals surface area contributed by atoms with Crippen molar-refractivity contribution in [1.29, 1.82) is 0 Å². The zero-order chi connectivity index (χ0) is 14.4. The van der Waals surface area contributed by atoms with Crippen LogP contribution in [0.4, 0.5) is 5.69 Å². The summed E-state index contributed by atoms with van der Waals surface area (Å²) >= 11 is 0. The van der Waals surface area contributed by atoms with Crippen LogP contribution >= 0.6 is 0 Å². The van der Waals surface area contributed by atoms with Crippen molar-refractivity contribution >= 4 is 11.6 Å². The standard InChI is InChI=1S/C17H19NO2/c1-14(13-20-2)18(16-11-7-4-8-12-16)17(19)15-9-5-3-6-10-15/h3-12,14H,13H2,1-2H3. The zero-order valence-corrected chi connectivity index (χ0v) is 11.8. The van der Waals surface area contributed by atoms with Gasteiger partial charge in [0.2, 0.25) is 0 Å². The molecule has 0 spiro atoms. The number of carbonyl (C=O) groups is 1. The highest BCUT2D eigenvalue weighted by molar-refractivity contribution is 6.06. The van der Waals surface area contributed by atoms with E-state index < -0.39 is 0 Å². The van der Waals surface area contributed by atoms with E-state index in [1.807, 2.05) is 67.6 Å². The molecule has 0 saturated heterocycles. The second kappa shape index (κ2) is 6.87. The predicted octanol–water partition coefficient (Wildman–Crippen LogP) is 3.37. The summed E-state index contributed by atoms with van der Waals surface area (Å²) in [7, 11) is 1.65. The van der Waals surface area contributed by atoms with Crippen molar-refractivity contribution in [3.05, 3.63) is 66.2 Å². The number of carbonyl (C=O) groups excluding carboxylic acids is 1. The summed E-state index contributed by atoms with van der Waals surface area (Å²) in [5.74, 6) is -0.0126. The lowest BCUT2D eigenvalue weighted by Crippen LogP contribution is -2.41. The van der Waals surface area contributed by atoms with Crippen LogP contribution in [-0.4, -0.2) is 25.7 Å². The zero-order valence-electron chi connectivity index (χ0n) is 11.8. The van der Waals surface area contributed by atoms with Gasteiger partial charge in [0.05, 0.1) is 12.6 Å². The Morgan fingerprint density at radius 3 is 2.15 bits per heavy atom. The molecule has 0 aromatic heterocycles. The molecule has 20 heavy (non-hydrogen) atoms. The van der Waals surface area contributed by atoms with Gasteiger partial charge >= 0.3 is 0 Å². The average molecular weight is 269 g/mol. The van der Waals surface area contributed by atoms with Gasteiger partial charge in [0, 0.05) is 18.4 Å². The van der Waals surface area contributed by atoms with Crippen LogP contribution in [0, 0.1) is 0 Å². The lowest BCUT2D eigenvalue weighted by atomic mass is 10.1. The smallest absolute Gasteiger partial charge is 0.258 e. The average Bonchev–Trinajstić information content (AvgIpc) is 2.50. The van der Waals surface area contributed by atoms with Gasteiger partial charge in [-0.1, -0.05) is 36.4 Å². The summed E-state index contributed by atoms with van der Waals surface area (Å²) < 4.78 is 5.20. The van der Waals surface area contributed by atoms with Crippen molar-refractivity contribution in [2.24, 2.45) is 0 Å². The van der Waals surface area contributed by atoms with E-state index in [1.165, 1.54) is 0 Å². The van der Waals surface area contributed by atoms with E-state index in [-0.39, 0.29) is 11.9 Å². The fourth-order valence-corrected chi connectivity index (χ4v) is 2.20. The maximum atomic E-state index is 12.7. The van der Waals surface area contributed by atoms with Gasteiger partial charge in [-0.3, -0.25) is 4.79 Å². The summed E-state index contributed by atoms with van der Waals surface area (Å²) in [6, 6.07) is 19.0. The number of hydrogen-bond acceptors (Lipinski definition) is 2. The lowest BCUT2D eigenvalue weighted by Gasteiger charge is -2.29. The topological polar surface area (TPSA) is 29.5 Å². The highest BCUT2D eigenvalue weighted by Crippen LogP contribution is 2.20. The van der Waals surface area contributed by atoms with Crippen molar-refractivity contribution in [2.75, 3.05) is 18.6 Å². The van der Waals surface area contributed by atoms with Crippen molar-refractivity contribution in [3.8, 4) is 0 Å².